The molecule has 0 saturated carbocycles. The average molecular weight is 171 g/mol. The third-order valence-electron chi connectivity index (χ3n) is 3.39. The minimum atomic E-state index is -0.348. The van der Waals surface area contributed by atoms with Gasteiger partial charge in [0.05, 0.1) is 5.54 Å². The van der Waals surface area contributed by atoms with E-state index in [0.29, 0.717) is 0 Å². The Bertz CT molecular complexity index is 210. The Kier molecular flexibility index (Phi) is 1.85. The topological polar surface area (TPSA) is 29.5 Å². The summed E-state index contributed by atoms with van der Waals surface area (Å²) in [4.78, 5) is 12.9. The van der Waals surface area contributed by atoms with Crippen LogP contribution in [0.3, 0.4) is 0 Å². The number of amides is 1. The second-order valence-corrected chi connectivity index (χ2v) is 4.07. The molecule has 0 bridgehead atoms. The number of carbonyl (C=O) groups is 1. The third-order valence-corrected chi connectivity index (χ3v) is 3.39. The van der Waals surface area contributed by atoms with E-state index in [0.717, 1.165) is 6.42 Å². The monoisotopic (exact) mass is 171 g/mol. The SMILES string of the molecule is CCC1(C)OC(=O)N(C)C1(C)C. The molecule has 70 valence electrons. The second-order valence-electron chi connectivity index (χ2n) is 4.07. The molecule has 0 aliphatic carbocycles. The highest BCUT2D eigenvalue weighted by Gasteiger charge is 2.54. The zero-order valence-corrected chi connectivity index (χ0v) is 8.47. The van der Waals surface area contributed by atoms with Gasteiger partial charge in [-0.3, -0.25) is 0 Å². The molecule has 1 saturated heterocycles. The van der Waals surface area contributed by atoms with Gasteiger partial charge in [0.1, 0.15) is 5.60 Å². The maximum absolute atomic E-state index is 11.3. The van der Waals surface area contributed by atoms with Gasteiger partial charge in [0.25, 0.3) is 0 Å². The number of rotatable bonds is 1. The standard InChI is InChI=1S/C9H17NO2/c1-6-9(4)8(2,3)10(5)7(11)12-9/h6H2,1-5H3. The first-order chi connectivity index (χ1) is 5.35. The molecule has 1 aliphatic rings. The fraction of sp³-hybridized carbons (Fsp3) is 0.889. The van der Waals surface area contributed by atoms with Crippen molar-refractivity contribution in [2.75, 3.05) is 7.05 Å². The van der Waals surface area contributed by atoms with Gasteiger partial charge in [-0.25, -0.2) is 4.79 Å². The predicted octanol–water partition coefficient (Wildman–Crippen LogP) is 2.02. The maximum Gasteiger partial charge on any atom is 0.410 e. The molecule has 0 aromatic heterocycles. The van der Waals surface area contributed by atoms with Crippen molar-refractivity contribution in [2.45, 2.75) is 45.3 Å². The lowest BCUT2D eigenvalue weighted by Gasteiger charge is -2.36. The largest absolute Gasteiger partial charge is 0.441 e. The lowest BCUT2D eigenvalue weighted by molar-refractivity contribution is 0.0161. The van der Waals surface area contributed by atoms with Crippen LogP contribution in [0.1, 0.15) is 34.1 Å². The second kappa shape index (κ2) is 2.38. The Balaban J connectivity index is 3.02. The van der Waals surface area contributed by atoms with E-state index in [-0.39, 0.29) is 17.2 Å². The fourth-order valence-electron chi connectivity index (χ4n) is 1.47. The molecule has 1 aliphatic heterocycles. The molecule has 3 heteroatoms. The molecule has 0 aromatic carbocycles. The third kappa shape index (κ3) is 0.919. The quantitative estimate of drug-likeness (QED) is 0.604. The van der Waals surface area contributed by atoms with Gasteiger partial charge < -0.3 is 9.64 Å². The van der Waals surface area contributed by atoms with Gasteiger partial charge in [0, 0.05) is 7.05 Å². The van der Waals surface area contributed by atoms with Crippen molar-refractivity contribution in [2.24, 2.45) is 0 Å². The molecule has 12 heavy (non-hydrogen) atoms. The number of likely N-dealkylation sites (N-methyl/N-ethyl adjacent to an activating group) is 1. The van der Waals surface area contributed by atoms with Gasteiger partial charge in [-0.1, -0.05) is 6.92 Å². The van der Waals surface area contributed by atoms with Crippen LogP contribution in [0.25, 0.3) is 0 Å². The summed E-state index contributed by atoms with van der Waals surface area (Å²) in [6.07, 6.45) is 0.625. The number of cyclic esters (lactones) is 1. The average Bonchev–Trinajstić information content (AvgIpc) is 2.14. The Morgan fingerprint density at radius 1 is 1.42 bits per heavy atom. The van der Waals surface area contributed by atoms with Crippen LogP contribution in [0.4, 0.5) is 4.79 Å². The van der Waals surface area contributed by atoms with E-state index in [9.17, 15) is 4.79 Å². The van der Waals surface area contributed by atoms with Crippen molar-refractivity contribution in [1.29, 1.82) is 0 Å². The summed E-state index contributed by atoms with van der Waals surface area (Å²) < 4.78 is 5.31. The maximum atomic E-state index is 11.3. The zero-order valence-electron chi connectivity index (χ0n) is 8.47. The van der Waals surface area contributed by atoms with Gasteiger partial charge in [-0.2, -0.15) is 0 Å². The summed E-state index contributed by atoms with van der Waals surface area (Å²) in [5.74, 6) is 0. The van der Waals surface area contributed by atoms with E-state index in [1.165, 1.54) is 0 Å². The smallest absolute Gasteiger partial charge is 0.410 e. The minimum Gasteiger partial charge on any atom is -0.441 e. The molecule has 0 aromatic rings. The zero-order chi connectivity index (χ0) is 9.57. The molecule has 1 heterocycles. The molecule has 1 rings (SSSR count). The van der Waals surface area contributed by atoms with Gasteiger partial charge in [-0.15, -0.1) is 0 Å². The van der Waals surface area contributed by atoms with Crippen LogP contribution in [-0.2, 0) is 4.74 Å². The van der Waals surface area contributed by atoms with Crippen LogP contribution in [-0.4, -0.2) is 29.2 Å². The molecule has 1 fully saturated rings. The van der Waals surface area contributed by atoms with Gasteiger partial charge >= 0.3 is 6.09 Å². The number of ether oxygens (including phenoxy) is 1. The van der Waals surface area contributed by atoms with E-state index in [1.54, 1.807) is 11.9 Å². The lowest BCUT2D eigenvalue weighted by atomic mass is 9.82. The Labute approximate surface area is 73.7 Å². The van der Waals surface area contributed by atoms with Crippen molar-refractivity contribution < 1.29 is 9.53 Å². The Morgan fingerprint density at radius 2 is 1.92 bits per heavy atom. The van der Waals surface area contributed by atoms with E-state index in [2.05, 4.69) is 0 Å². The highest BCUT2D eigenvalue weighted by molar-refractivity contribution is 5.72. The summed E-state index contributed by atoms with van der Waals surface area (Å²) in [5, 5.41) is 0. The first-order valence-electron chi connectivity index (χ1n) is 4.32. The molecule has 0 radical (unpaired) electrons. The summed E-state index contributed by atoms with van der Waals surface area (Å²) in [7, 11) is 1.78. The first kappa shape index (κ1) is 9.36. The van der Waals surface area contributed by atoms with Crippen LogP contribution in [0.2, 0.25) is 0 Å². The fourth-order valence-corrected chi connectivity index (χ4v) is 1.47. The van der Waals surface area contributed by atoms with Gasteiger partial charge in [-0.05, 0) is 27.2 Å². The van der Waals surface area contributed by atoms with Crippen LogP contribution in [0.5, 0.6) is 0 Å². The van der Waals surface area contributed by atoms with E-state index in [1.807, 2.05) is 27.7 Å². The van der Waals surface area contributed by atoms with Crippen LogP contribution in [0.15, 0.2) is 0 Å². The first-order valence-corrected chi connectivity index (χ1v) is 4.32. The molecule has 1 amide bonds. The van der Waals surface area contributed by atoms with Crippen LogP contribution < -0.4 is 0 Å². The normalized spacial score (nSPS) is 33.8. The van der Waals surface area contributed by atoms with E-state index < -0.39 is 0 Å². The Morgan fingerprint density at radius 3 is 2.08 bits per heavy atom. The molecular weight excluding hydrogens is 154 g/mol. The van der Waals surface area contributed by atoms with Crippen molar-refractivity contribution in [3.05, 3.63) is 0 Å². The lowest BCUT2D eigenvalue weighted by Crippen LogP contribution is -2.50. The van der Waals surface area contributed by atoms with E-state index >= 15 is 0 Å². The minimum absolute atomic E-state index is 0.209. The number of nitrogens with zero attached hydrogens (tertiary/aromatic N) is 1. The molecule has 0 spiro atoms. The van der Waals surface area contributed by atoms with Crippen LogP contribution >= 0.6 is 0 Å². The molecule has 0 N–H and O–H groups in total. The van der Waals surface area contributed by atoms with Crippen molar-refractivity contribution in [3.8, 4) is 0 Å². The molecular formula is C9H17NO2. The summed E-state index contributed by atoms with van der Waals surface area (Å²) in [6, 6.07) is 0. The van der Waals surface area contributed by atoms with Gasteiger partial charge in [0.2, 0.25) is 0 Å². The highest BCUT2D eigenvalue weighted by Crippen LogP contribution is 2.39. The molecule has 1 atom stereocenters. The highest BCUT2D eigenvalue weighted by atomic mass is 16.6. The van der Waals surface area contributed by atoms with Crippen molar-refractivity contribution in [3.63, 3.8) is 0 Å². The Hall–Kier alpha value is -0.730. The summed E-state index contributed by atoms with van der Waals surface area (Å²) in [5.41, 5.74) is -0.558. The van der Waals surface area contributed by atoms with Crippen molar-refractivity contribution in [1.82, 2.24) is 4.90 Å². The van der Waals surface area contributed by atoms with Gasteiger partial charge in [0.15, 0.2) is 0 Å². The number of hydrogen-bond donors (Lipinski definition) is 0. The van der Waals surface area contributed by atoms with E-state index in [4.69, 9.17) is 4.74 Å². The number of carbonyl (C=O) groups excluding carboxylic acids is 1. The molecule has 3 nitrogen and oxygen atoms in total. The summed E-state index contributed by atoms with van der Waals surface area (Å²) in [6.45, 7) is 8.07. The molecule has 1 unspecified atom stereocenters. The van der Waals surface area contributed by atoms with Crippen molar-refractivity contribution >= 4 is 6.09 Å². The summed E-state index contributed by atoms with van der Waals surface area (Å²) >= 11 is 0. The predicted molar refractivity (Wildman–Crippen MR) is 47.0 cm³/mol. The number of hydrogen-bond acceptors (Lipinski definition) is 2. The van der Waals surface area contributed by atoms with Crippen LogP contribution in [0, 0.1) is 0 Å².